The van der Waals surface area contributed by atoms with Crippen molar-refractivity contribution in [3.63, 3.8) is 0 Å². The van der Waals surface area contributed by atoms with E-state index in [1.165, 1.54) is 18.6 Å². The quantitative estimate of drug-likeness (QED) is 0.619. The molecule has 2 aromatic carbocycles. The number of ether oxygens (including phenoxy) is 1. The number of nitrogens with zero attached hydrogens (tertiary/aromatic N) is 1. The first kappa shape index (κ1) is 23.2. The van der Waals surface area contributed by atoms with Gasteiger partial charge in [0.2, 0.25) is 5.91 Å². The zero-order valence-electron chi connectivity index (χ0n) is 18.7. The zero-order chi connectivity index (χ0) is 23.2. The number of halogens is 1. The minimum absolute atomic E-state index is 0.145. The molecule has 1 aliphatic heterocycles. The highest BCUT2D eigenvalue weighted by molar-refractivity contribution is 5.99. The SMILES string of the molecule is O=C(O)[C@@H](CCN[C@H]1COc2ccccc2N(Cc2ccc(F)cc2)C1=O)C1CCCCC1. The van der Waals surface area contributed by atoms with Crippen molar-refractivity contribution >= 4 is 17.6 Å². The van der Waals surface area contributed by atoms with Crippen LogP contribution >= 0.6 is 0 Å². The summed E-state index contributed by atoms with van der Waals surface area (Å²) >= 11 is 0. The molecule has 0 bridgehead atoms. The second kappa shape index (κ2) is 10.8. The van der Waals surface area contributed by atoms with Crippen LogP contribution < -0.4 is 15.0 Å². The summed E-state index contributed by atoms with van der Waals surface area (Å²) in [6.07, 6.45) is 5.77. The van der Waals surface area contributed by atoms with Crippen LogP contribution in [0.15, 0.2) is 48.5 Å². The molecule has 2 atom stereocenters. The van der Waals surface area contributed by atoms with Crippen molar-refractivity contribution in [2.24, 2.45) is 11.8 Å². The number of para-hydroxylation sites is 2. The van der Waals surface area contributed by atoms with Gasteiger partial charge in [-0.3, -0.25) is 9.59 Å². The number of carboxylic acids is 1. The van der Waals surface area contributed by atoms with Gasteiger partial charge in [0.15, 0.2) is 0 Å². The molecule has 6 nitrogen and oxygen atoms in total. The number of carbonyl (C=O) groups is 2. The fourth-order valence-electron chi connectivity index (χ4n) is 4.95. The molecular weight excluding hydrogens is 423 g/mol. The number of fused-ring (bicyclic) bond motifs is 1. The number of anilines is 1. The van der Waals surface area contributed by atoms with E-state index < -0.39 is 17.9 Å². The van der Waals surface area contributed by atoms with Crippen molar-refractivity contribution in [1.82, 2.24) is 5.32 Å². The summed E-state index contributed by atoms with van der Waals surface area (Å²) in [5, 5.41) is 13.0. The van der Waals surface area contributed by atoms with Crippen LogP contribution in [0, 0.1) is 17.7 Å². The predicted molar refractivity (Wildman–Crippen MR) is 124 cm³/mol. The fourth-order valence-corrected chi connectivity index (χ4v) is 4.95. The maximum Gasteiger partial charge on any atom is 0.306 e. The van der Waals surface area contributed by atoms with Crippen LogP contribution in [0.3, 0.4) is 0 Å². The third-order valence-corrected chi connectivity index (χ3v) is 6.76. The number of hydrogen-bond acceptors (Lipinski definition) is 4. The number of rotatable bonds is 8. The lowest BCUT2D eigenvalue weighted by Gasteiger charge is -2.28. The molecule has 2 aliphatic rings. The minimum Gasteiger partial charge on any atom is -0.489 e. The highest BCUT2D eigenvalue weighted by Crippen LogP contribution is 2.33. The molecule has 1 heterocycles. The van der Waals surface area contributed by atoms with E-state index in [1.54, 1.807) is 17.0 Å². The number of hydrogen-bond donors (Lipinski definition) is 2. The van der Waals surface area contributed by atoms with Gasteiger partial charge >= 0.3 is 5.97 Å². The van der Waals surface area contributed by atoms with Crippen molar-refractivity contribution < 1.29 is 23.8 Å². The highest BCUT2D eigenvalue weighted by atomic mass is 19.1. The molecule has 0 unspecified atom stereocenters. The Morgan fingerprint density at radius 3 is 2.58 bits per heavy atom. The van der Waals surface area contributed by atoms with E-state index in [9.17, 15) is 19.1 Å². The number of amides is 1. The van der Waals surface area contributed by atoms with Gasteiger partial charge < -0.3 is 20.1 Å². The Kier molecular flexibility index (Phi) is 7.60. The molecule has 0 saturated heterocycles. The highest BCUT2D eigenvalue weighted by Gasteiger charge is 2.33. The predicted octanol–water partition coefficient (Wildman–Crippen LogP) is 4.38. The molecule has 0 radical (unpaired) electrons. The Morgan fingerprint density at radius 1 is 1.12 bits per heavy atom. The summed E-state index contributed by atoms with van der Waals surface area (Å²) in [6, 6.07) is 12.9. The molecule has 2 N–H and O–H groups in total. The van der Waals surface area contributed by atoms with Gasteiger partial charge in [-0.1, -0.05) is 43.5 Å². The van der Waals surface area contributed by atoms with Gasteiger partial charge in [-0.05, 0) is 61.6 Å². The maximum absolute atomic E-state index is 13.5. The van der Waals surface area contributed by atoms with E-state index in [2.05, 4.69) is 5.32 Å². The molecule has 0 spiro atoms. The number of carboxylic acid groups (broad SMARTS) is 1. The van der Waals surface area contributed by atoms with E-state index in [0.29, 0.717) is 24.4 Å². The van der Waals surface area contributed by atoms with E-state index >= 15 is 0 Å². The molecule has 1 fully saturated rings. The Bertz CT molecular complexity index is 959. The summed E-state index contributed by atoms with van der Waals surface area (Å²) in [4.78, 5) is 27.0. The lowest BCUT2D eigenvalue weighted by molar-refractivity contribution is -0.144. The van der Waals surface area contributed by atoms with Crippen LogP contribution in [0.5, 0.6) is 5.75 Å². The maximum atomic E-state index is 13.5. The minimum atomic E-state index is -0.752. The summed E-state index contributed by atoms with van der Waals surface area (Å²) < 4.78 is 19.3. The van der Waals surface area contributed by atoms with Crippen LogP contribution in [0.1, 0.15) is 44.1 Å². The van der Waals surface area contributed by atoms with E-state index in [1.807, 2.05) is 24.3 Å². The van der Waals surface area contributed by atoms with Gasteiger partial charge in [-0.2, -0.15) is 0 Å². The first-order valence-electron chi connectivity index (χ1n) is 11.8. The first-order valence-corrected chi connectivity index (χ1v) is 11.8. The summed E-state index contributed by atoms with van der Waals surface area (Å²) in [5.41, 5.74) is 1.48. The van der Waals surface area contributed by atoms with Crippen molar-refractivity contribution in [3.05, 3.63) is 59.9 Å². The lowest BCUT2D eigenvalue weighted by Crippen LogP contribution is -2.49. The van der Waals surface area contributed by atoms with Crippen LogP contribution in [0.2, 0.25) is 0 Å². The number of benzene rings is 2. The molecule has 1 saturated carbocycles. The van der Waals surface area contributed by atoms with Crippen molar-refractivity contribution in [2.75, 3.05) is 18.1 Å². The molecule has 2 aromatic rings. The third-order valence-electron chi connectivity index (χ3n) is 6.76. The van der Waals surface area contributed by atoms with Gasteiger partial charge in [0, 0.05) is 0 Å². The summed E-state index contributed by atoms with van der Waals surface area (Å²) in [6.45, 7) is 0.877. The largest absolute Gasteiger partial charge is 0.489 e. The normalized spacial score (nSPS) is 20.0. The van der Waals surface area contributed by atoms with Crippen molar-refractivity contribution in [1.29, 1.82) is 0 Å². The van der Waals surface area contributed by atoms with E-state index in [-0.39, 0.29) is 30.8 Å². The van der Waals surface area contributed by atoms with Gasteiger partial charge in [-0.15, -0.1) is 0 Å². The molecule has 1 amide bonds. The molecule has 7 heteroatoms. The van der Waals surface area contributed by atoms with E-state index in [4.69, 9.17) is 4.74 Å². The average Bonchev–Trinajstić information content (AvgIpc) is 2.95. The Labute approximate surface area is 193 Å². The smallest absolute Gasteiger partial charge is 0.306 e. The number of aliphatic carboxylic acids is 1. The average molecular weight is 455 g/mol. The van der Waals surface area contributed by atoms with Crippen LogP contribution in [0.4, 0.5) is 10.1 Å². The van der Waals surface area contributed by atoms with E-state index in [0.717, 1.165) is 31.2 Å². The number of carbonyl (C=O) groups excluding carboxylic acids is 1. The molecule has 1 aliphatic carbocycles. The fraction of sp³-hybridized carbons (Fsp3) is 0.462. The molecule has 0 aromatic heterocycles. The summed E-state index contributed by atoms with van der Waals surface area (Å²) in [7, 11) is 0. The third kappa shape index (κ3) is 5.71. The summed E-state index contributed by atoms with van der Waals surface area (Å²) in [5.74, 6) is -0.796. The Balaban J connectivity index is 1.45. The van der Waals surface area contributed by atoms with Gasteiger partial charge in [0.05, 0.1) is 18.2 Å². The molecule has 176 valence electrons. The second-order valence-electron chi connectivity index (χ2n) is 8.97. The lowest BCUT2D eigenvalue weighted by atomic mass is 9.78. The van der Waals surface area contributed by atoms with Gasteiger partial charge in [0.25, 0.3) is 0 Å². The first-order chi connectivity index (χ1) is 16.0. The van der Waals surface area contributed by atoms with Gasteiger partial charge in [0.1, 0.15) is 24.2 Å². The molecule has 4 rings (SSSR count). The Hall–Kier alpha value is -2.93. The van der Waals surface area contributed by atoms with Crippen LogP contribution in [0.25, 0.3) is 0 Å². The molecule has 33 heavy (non-hydrogen) atoms. The van der Waals surface area contributed by atoms with Gasteiger partial charge in [-0.25, -0.2) is 4.39 Å². The standard InChI is InChI=1S/C26H31FN2O4/c27-20-12-10-18(11-13-20)16-29-23-8-4-5-9-24(23)33-17-22(25(29)30)28-15-14-21(26(31)32)19-6-2-1-3-7-19/h4-5,8-13,19,21-22,28H,1-3,6-7,14-17H2,(H,31,32)/t21-,22-/m0/s1. The van der Waals surface area contributed by atoms with Crippen LogP contribution in [-0.4, -0.2) is 36.2 Å². The topological polar surface area (TPSA) is 78.9 Å². The van der Waals surface area contributed by atoms with Crippen molar-refractivity contribution in [2.45, 2.75) is 51.1 Å². The monoisotopic (exact) mass is 454 g/mol. The van der Waals surface area contributed by atoms with Crippen molar-refractivity contribution in [3.8, 4) is 5.75 Å². The van der Waals surface area contributed by atoms with Crippen LogP contribution in [-0.2, 0) is 16.1 Å². The zero-order valence-corrected chi connectivity index (χ0v) is 18.7. The number of nitrogens with one attached hydrogen (secondary N) is 1. The second-order valence-corrected chi connectivity index (χ2v) is 8.97. The Morgan fingerprint density at radius 2 is 1.85 bits per heavy atom. The molecular formula is C26H31FN2O4.